The van der Waals surface area contributed by atoms with Crippen molar-refractivity contribution in [1.29, 1.82) is 0 Å². The summed E-state index contributed by atoms with van der Waals surface area (Å²) in [5.41, 5.74) is 1.57. The predicted octanol–water partition coefficient (Wildman–Crippen LogP) is 2.92. The van der Waals surface area contributed by atoms with Crippen LogP contribution >= 0.6 is 23.2 Å². The van der Waals surface area contributed by atoms with Crippen molar-refractivity contribution in [3.8, 4) is 0 Å². The lowest BCUT2D eigenvalue weighted by atomic mass is 10.1. The number of amides is 1. The molecule has 2 N–H and O–H groups in total. The van der Waals surface area contributed by atoms with Gasteiger partial charge in [-0.3, -0.25) is 10.1 Å². The number of alkyl halides is 1. The van der Waals surface area contributed by atoms with Crippen LogP contribution < -0.4 is 5.32 Å². The molecule has 1 amide bonds. The van der Waals surface area contributed by atoms with E-state index in [0.717, 1.165) is 0 Å². The Hall–Kier alpha value is -2.18. The van der Waals surface area contributed by atoms with Gasteiger partial charge in [0.25, 0.3) is 0 Å². The van der Waals surface area contributed by atoms with Crippen molar-refractivity contribution in [2.75, 3.05) is 5.32 Å². The first-order valence-electron chi connectivity index (χ1n) is 6.01. The molecule has 0 aliphatic heterocycles. The zero-order chi connectivity index (χ0) is 14.8. The van der Waals surface area contributed by atoms with Crippen molar-refractivity contribution in [3.05, 3.63) is 47.4 Å². The van der Waals surface area contributed by atoms with Gasteiger partial charge in [0.05, 0.1) is 6.33 Å². The number of nitrogens with one attached hydrogen (secondary N) is 2. The van der Waals surface area contributed by atoms with E-state index in [4.69, 9.17) is 23.2 Å². The van der Waals surface area contributed by atoms with Gasteiger partial charge < -0.3 is 4.98 Å². The summed E-state index contributed by atoms with van der Waals surface area (Å²) in [6.07, 6.45) is 1.45. The van der Waals surface area contributed by atoms with Crippen molar-refractivity contribution >= 4 is 46.2 Å². The minimum atomic E-state index is -0.844. The van der Waals surface area contributed by atoms with Gasteiger partial charge in [-0.15, -0.1) is 11.6 Å². The summed E-state index contributed by atoms with van der Waals surface area (Å²) in [6, 6.07) is 8.99. The molecular weight excluding hydrogens is 313 g/mol. The molecule has 1 unspecified atom stereocenters. The quantitative estimate of drug-likeness (QED) is 0.574. The highest BCUT2D eigenvalue weighted by Gasteiger charge is 2.19. The molecule has 0 spiro atoms. The van der Waals surface area contributed by atoms with E-state index >= 15 is 0 Å². The highest BCUT2D eigenvalue weighted by Crippen LogP contribution is 2.23. The lowest BCUT2D eigenvalue weighted by Crippen LogP contribution is -2.19. The topological polar surface area (TPSA) is 83.6 Å². The third-order valence-corrected chi connectivity index (χ3v) is 3.52. The standard InChI is InChI=1S/C13H9Cl2N5O/c14-8(7-4-2-1-3-5-7)12(21)20-13-18-10(15)9-11(19-13)17-6-16-9/h1-6,8H,(H2,16,17,18,19,20,21). The molecule has 0 bridgehead atoms. The van der Waals surface area contributed by atoms with Crippen molar-refractivity contribution < 1.29 is 4.79 Å². The monoisotopic (exact) mass is 321 g/mol. The summed E-state index contributed by atoms with van der Waals surface area (Å²) in [7, 11) is 0. The number of aromatic amines is 1. The second kappa shape index (κ2) is 5.67. The fourth-order valence-corrected chi connectivity index (χ4v) is 2.22. The van der Waals surface area contributed by atoms with Crippen molar-refractivity contribution in [1.82, 2.24) is 19.9 Å². The molecule has 0 fully saturated rings. The molecule has 2 aromatic heterocycles. The van der Waals surface area contributed by atoms with Crippen molar-refractivity contribution in [3.63, 3.8) is 0 Å². The molecule has 1 aromatic carbocycles. The van der Waals surface area contributed by atoms with Crippen LogP contribution in [-0.4, -0.2) is 25.8 Å². The molecular formula is C13H9Cl2N5O. The number of benzene rings is 1. The zero-order valence-electron chi connectivity index (χ0n) is 10.5. The van der Waals surface area contributed by atoms with E-state index < -0.39 is 11.3 Å². The van der Waals surface area contributed by atoms with E-state index in [1.807, 2.05) is 6.07 Å². The van der Waals surface area contributed by atoms with Crippen LogP contribution in [0.1, 0.15) is 10.9 Å². The molecule has 0 saturated heterocycles. The van der Waals surface area contributed by atoms with Gasteiger partial charge in [-0.2, -0.15) is 9.97 Å². The van der Waals surface area contributed by atoms with Crippen LogP contribution in [0, 0.1) is 0 Å². The second-order valence-electron chi connectivity index (χ2n) is 4.20. The van der Waals surface area contributed by atoms with Gasteiger partial charge in [-0.25, -0.2) is 4.98 Å². The third-order valence-electron chi connectivity index (χ3n) is 2.80. The summed E-state index contributed by atoms with van der Waals surface area (Å²) in [6.45, 7) is 0. The summed E-state index contributed by atoms with van der Waals surface area (Å²) in [5.74, 6) is -0.375. The van der Waals surface area contributed by atoms with Gasteiger partial charge >= 0.3 is 0 Å². The molecule has 2 heterocycles. The highest BCUT2D eigenvalue weighted by atomic mass is 35.5. The lowest BCUT2D eigenvalue weighted by Gasteiger charge is -2.09. The van der Waals surface area contributed by atoms with E-state index in [1.54, 1.807) is 24.3 Å². The molecule has 8 heteroatoms. The predicted molar refractivity (Wildman–Crippen MR) is 80.4 cm³/mol. The maximum atomic E-state index is 12.1. The number of imidazole rings is 1. The van der Waals surface area contributed by atoms with E-state index in [9.17, 15) is 4.79 Å². The largest absolute Gasteiger partial charge is 0.341 e. The first kappa shape index (κ1) is 13.8. The van der Waals surface area contributed by atoms with Crippen molar-refractivity contribution in [2.45, 2.75) is 5.38 Å². The summed E-state index contributed by atoms with van der Waals surface area (Å²) in [5, 5.41) is 1.87. The molecule has 0 aliphatic carbocycles. The van der Waals surface area contributed by atoms with Crippen LogP contribution in [0.3, 0.4) is 0 Å². The minimum Gasteiger partial charge on any atom is -0.341 e. The highest BCUT2D eigenvalue weighted by molar-refractivity contribution is 6.34. The van der Waals surface area contributed by atoms with Crippen LogP contribution in [0.4, 0.5) is 5.95 Å². The minimum absolute atomic E-state index is 0.0613. The Kier molecular flexibility index (Phi) is 3.72. The second-order valence-corrected chi connectivity index (χ2v) is 5.00. The summed E-state index contributed by atoms with van der Waals surface area (Å²) in [4.78, 5) is 27.0. The van der Waals surface area contributed by atoms with Crippen LogP contribution in [0.15, 0.2) is 36.7 Å². The molecule has 6 nitrogen and oxygen atoms in total. The number of aromatic nitrogens is 4. The molecule has 1 atom stereocenters. The molecule has 0 radical (unpaired) electrons. The molecule has 3 aromatic rings. The lowest BCUT2D eigenvalue weighted by molar-refractivity contribution is -0.116. The Morgan fingerprint density at radius 1 is 1.24 bits per heavy atom. The Morgan fingerprint density at radius 2 is 2.00 bits per heavy atom. The zero-order valence-corrected chi connectivity index (χ0v) is 12.1. The van der Waals surface area contributed by atoms with Crippen molar-refractivity contribution in [2.24, 2.45) is 0 Å². The first-order chi connectivity index (χ1) is 10.1. The number of rotatable bonds is 3. The number of hydrogen-bond acceptors (Lipinski definition) is 4. The molecule has 0 aliphatic rings. The number of carbonyl (C=O) groups is 1. The Balaban J connectivity index is 1.83. The SMILES string of the molecule is O=C(Nc1nc(Cl)c2[nH]cnc2n1)C(Cl)c1ccccc1. The average molecular weight is 322 g/mol. The fourth-order valence-electron chi connectivity index (χ4n) is 1.80. The average Bonchev–Trinajstić information content (AvgIpc) is 2.96. The van der Waals surface area contributed by atoms with Crippen LogP contribution in [0.2, 0.25) is 5.15 Å². The normalized spacial score (nSPS) is 12.3. The van der Waals surface area contributed by atoms with Gasteiger partial charge in [-0.1, -0.05) is 41.9 Å². The van der Waals surface area contributed by atoms with Crippen LogP contribution in [0.25, 0.3) is 11.2 Å². The van der Waals surface area contributed by atoms with Gasteiger partial charge in [-0.05, 0) is 5.56 Å². The van der Waals surface area contributed by atoms with E-state index in [-0.39, 0.29) is 11.1 Å². The molecule has 21 heavy (non-hydrogen) atoms. The van der Waals surface area contributed by atoms with Gasteiger partial charge in [0.1, 0.15) is 10.9 Å². The number of halogens is 2. The van der Waals surface area contributed by atoms with Crippen LogP contribution in [0.5, 0.6) is 0 Å². The summed E-state index contributed by atoms with van der Waals surface area (Å²) < 4.78 is 0. The van der Waals surface area contributed by atoms with Crippen LogP contribution in [-0.2, 0) is 4.79 Å². The number of fused-ring (bicyclic) bond motifs is 1. The third kappa shape index (κ3) is 2.81. The molecule has 106 valence electrons. The first-order valence-corrected chi connectivity index (χ1v) is 6.83. The number of nitrogens with zero attached hydrogens (tertiary/aromatic N) is 3. The number of hydrogen-bond donors (Lipinski definition) is 2. The summed E-state index contributed by atoms with van der Waals surface area (Å²) >= 11 is 12.1. The maximum Gasteiger partial charge on any atom is 0.249 e. The molecule has 3 rings (SSSR count). The van der Waals surface area contributed by atoms with Gasteiger partial charge in [0.15, 0.2) is 10.8 Å². The van der Waals surface area contributed by atoms with Gasteiger partial charge in [0.2, 0.25) is 11.9 Å². The van der Waals surface area contributed by atoms with E-state index in [2.05, 4.69) is 25.3 Å². The number of anilines is 1. The smallest absolute Gasteiger partial charge is 0.249 e. The molecule has 0 saturated carbocycles. The Labute approximate surface area is 129 Å². The van der Waals surface area contributed by atoms with E-state index in [1.165, 1.54) is 6.33 Å². The number of carbonyl (C=O) groups excluding carboxylic acids is 1. The number of H-pyrrole nitrogens is 1. The maximum absolute atomic E-state index is 12.1. The van der Waals surface area contributed by atoms with Gasteiger partial charge in [0, 0.05) is 0 Å². The Bertz CT molecular complexity index is 790. The Morgan fingerprint density at radius 3 is 2.76 bits per heavy atom. The van der Waals surface area contributed by atoms with E-state index in [0.29, 0.717) is 16.7 Å². The fraction of sp³-hybridized carbons (Fsp3) is 0.0769.